The van der Waals surface area contributed by atoms with Gasteiger partial charge >= 0.3 is 5.97 Å². The van der Waals surface area contributed by atoms with E-state index in [4.69, 9.17) is 15.6 Å². The fraction of sp³-hybridized carbons (Fsp3) is 0.636. The number of likely N-dealkylation sites (N-methyl/N-ethyl adjacent to an activating group) is 1. The molecule has 0 aliphatic heterocycles. The minimum atomic E-state index is -1.07. The second kappa shape index (κ2) is 6.67. The van der Waals surface area contributed by atoms with Crippen molar-refractivity contribution in [2.24, 2.45) is 5.73 Å². The van der Waals surface area contributed by atoms with E-state index < -0.39 is 12.0 Å². The number of carboxylic acid groups (broad SMARTS) is 1. The smallest absolute Gasteiger partial charge is 0.326 e. The van der Waals surface area contributed by atoms with Crippen molar-refractivity contribution < 1.29 is 14.6 Å². The molecule has 0 saturated carbocycles. The van der Waals surface area contributed by atoms with Crippen LogP contribution in [-0.4, -0.2) is 42.4 Å². The molecule has 102 valence electrons. The Labute approximate surface area is 110 Å². The van der Waals surface area contributed by atoms with Crippen LogP contribution in [0, 0.1) is 0 Å². The Balaban J connectivity index is 2.85. The number of anilines is 1. The standard InChI is InChI=1S/C11H19N3O3S/c1-4-14(7(2)5-17-3)11-13-8(6-18-11)9(12)10(15)16/h6-7,9H,4-5,12H2,1-3H3,(H,15,16). The van der Waals surface area contributed by atoms with Crippen LogP contribution >= 0.6 is 11.3 Å². The first-order valence-corrected chi connectivity index (χ1v) is 6.58. The van der Waals surface area contributed by atoms with Gasteiger partial charge in [-0.2, -0.15) is 0 Å². The van der Waals surface area contributed by atoms with Gasteiger partial charge in [-0.15, -0.1) is 11.3 Å². The normalized spacial score (nSPS) is 14.2. The molecule has 0 bridgehead atoms. The lowest BCUT2D eigenvalue weighted by Gasteiger charge is -2.26. The summed E-state index contributed by atoms with van der Waals surface area (Å²) in [7, 11) is 1.65. The molecule has 0 aliphatic carbocycles. The fourth-order valence-corrected chi connectivity index (χ4v) is 2.67. The number of aliphatic carboxylic acids is 1. The second-order valence-corrected chi connectivity index (χ2v) is 4.80. The summed E-state index contributed by atoms with van der Waals surface area (Å²) in [6.07, 6.45) is 0. The van der Waals surface area contributed by atoms with Crippen LogP contribution in [0.4, 0.5) is 5.13 Å². The molecule has 0 fully saturated rings. The molecule has 2 atom stereocenters. The highest BCUT2D eigenvalue weighted by atomic mass is 32.1. The molecule has 1 aromatic heterocycles. The Bertz CT molecular complexity index is 397. The van der Waals surface area contributed by atoms with Crippen LogP contribution in [-0.2, 0) is 9.53 Å². The Morgan fingerprint density at radius 2 is 2.39 bits per heavy atom. The molecule has 3 N–H and O–H groups in total. The van der Waals surface area contributed by atoms with Crippen LogP contribution < -0.4 is 10.6 Å². The first-order chi connectivity index (χ1) is 8.51. The number of ether oxygens (including phenoxy) is 1. The first kappa shape index (κ1) is 14.9. The van der Waals surface area contributed by atoms with Gasteiger partial charge in [0.1, 0.15) is 6.04 Å². The molecule has 2 unspecified atom stereocenters. The van der Waals surface area contributed by atoms with Crippen molar-refractivity contribution in [2.45, 2.75) is 25.9 Å². The Morgan fingerprint density at radius 1 is 1.72 bits per heavy atom. The Kier molecular flexibility index (Phi) is 5.52. The highest BCUT2D eigenvalue weighted by Crippen LogP contribution is 2.25. The van der Waals surface area contributed by atoms with Crippen molar-refractivity contribution in [3.63, 3.8) is 0 Å². The van der Waals surface area contributed by atoms with Gasteiger partial charge in [0.25, 0.3) is 0 Å². The topological polar surface area (TPSA) is 88.7 Å². The third-order valence-electron chi connectivity index (χ3n) is 2.62. The first-order valence-electron chi connectivity index (χ1n) is 5.70. The summed E-state index contributed by atoms with van der Waals surface area (Å²) in [5, 5.41) is 11.3. The van der Waals surface area contributed by atoms with Crippen LogP contribution in [0.3, 0.4) is 0 Å². The van der Waals surface area contributed by atoms with E-state index in [1.54, 1.807) is 12.5 Å². The average Bonchev–Trinajstić information content (AvgIpc) is 2.78. The van der Waals surface area contributed by atoms with E-state index >= 15 is 0 Å². The maximum atomic E-state index is 10.8. The number of thiazole rings is 1. The van der Waals surface area contributed by atoms with Gasteiger partial charge < -0.3 is 20.5 Å². The molecule has 0 aliphatic rings. The Hall–Kier alpha value is -1.18. The van der Waals surface area contributed by atoms with E-state index in [0.717, 1.165) is 11.7 Å². The summed E-state index contributed by atoms with van der Waals surface area (Å²) >= 11 is 1.40. The van der Waals surface area contributed by atoms with Crippen LogP contribution in [0.2, 0.25) is 0 Å². The number of nitrogens with two attached hydrogens (primary N) is 1. The zero-order valence-electron chi connectivity index (χ0n) is 10.8. The molecule has 1 aromatic rings. The third-order valence-corrected chi connectivity index (χ3v) is 3.52. The molecule has 1 rings (SSSR count). The largest absolute Gasteiger partial charge is 0.480 e. The number of hydrogen-bond acceptors (Lipinski definition) is 6. The van der Waals surface area contributed by atoms with Gasteiger partial charge in [0.2, 0.25) is 0 Å². The molecule has 0 radical (unpaired) electrons. The predicted molar refractivity (Wildman–Crippen MR) is 71.0 cm³/mol. The van der Waals surface area contributed by atoms with E-state index in [2.05, 4.69) is 9.88 Å². The minimum Gasteiger partial charge on any atom is -0.480 e. The second-order valence-electron chi connectivity index (χ2n) is 3.96. The highest BCUT2D eigenvalue weighted by molar-refractivity contribution is 7.13. The molecule has 0 aromatic carbocycles. The van der Waals surface area contributed by atoms with Gasteiger partial charge in [0.05, 0.1) is 18.3 Å². The number of aromatic nitrogens is 1. The molecule has 0 spiro atoms. The van der Waals surface area contributed by atoms with Gasteiger partial charge in [-0.05, 0) is 13.8 Å². The minimum absolute atomic E-state index is 0.181. The number of carboxylic acids is 1. The number of hydrogen-bond donors (Lipinski definition) is 2. The fourth-order valence-electron chi connectivity index (χ4n) is 1.64. The van der Waals surface area contributed by atoms with E-state index in [0.29, 0.717) is 12.3 Å². The monoisotopic (exact) mass is 273 g/mol. The van der Waals surface area contributed by atoms with Crippen LogP contribution in [0.1, 0.15) is 25.6 Å². The predicted octanol–water partition coefficient (Wildman–Crippen LogP) is 1.09. The van der Waals surface area contributed by atoms with Gasteiger partial charge in [-0.1, -0.05) is 0 Å². The van der Waals surface area contributed by atoms with E-state index in [-0.39, 0.29) is 6.04 Å². The lowest BCUT2D eigenvalue weighted by atomic mass is 10.2. The maximum Gasteiger partial charge on any atom is 0.326 e. The molecule has 1 heterocycles. The van der Waals surface area contributed by atoms with Crippen molar-refractivity contribution in [2.75, 3.05) is 25.2 Å². The zero-order chi connectivity index (χ0) is 13.7. The molecular weight excluding hydrogens is 254 g/mol. The van der Waals surface area contributed by atoms with Crippen LogP contribution in [0.25, 0.3) is 0 Å². The molecule has 0 amide bonds. The Morgan fingerprint density at radius 3 is 2.89 bits per heavy atom. The lowest BCUT2D eigenvalue weighted by Crippen LogP contribution is -2.36. The number of methoxy groups -OCH3 is 1. The van der Waals surface area contributed by atoms with Crippen molar-refractivity contribution in [3.8, 4) is 0 Å². The summed E-state index contributed by atoms with van der Waals surface area (Å²) < 4.78 is 5.12. The summed E-state index contributed by atoms with van der Waals surface area (Å²) in [6.45, 7) is 5.42. The number of nitrogens with zero attached hydrogens (tertiary/aromatic N) is 2. The SMILES string of the molecule is CCN(c1nc(C(N)C(=O)O)cs1)C(C)COC. The lowest BCUT2D eigenvalue weighted by molar-refractivity contribution is -0.138. The van der Waals surface area contributed by atoms with E-state index in [9.17, 15) is 4.79 Å². The molecular formula is C11H19N3O3S. The summed E-state index contributed by atoms with van der Waals surface area (Å²) in [5.41, 5.74) is 5.92. The van der Waals surface area contributed by atoms with Crippen molar-refractivity contribution in [1.29, 1.82) is 0 Å². The van der Waals surface area contributed by atoms with Crippen molar-refractivity contribution in [3.05, 3.63) is 11.1 Å². The quantitative estimate of drug-likeness (QED) is 0.773. The van der Waals surface area contributed by atoms with Crippen LogP contribution in [0.15, 0.2) is 5.38 Å². The van der Waals surface area contributed by atoms with Gasteiger partial charge in [0, 0.05) is 19.0 Å². The summed E-state index contributed by atoms with van der Waals surface area (Å²) in [5.74, 6) is -1.07. The molecule has 0 saturated heterocycles. The average molecular weight is 273 g/mol. The van der Waals surface area contributed by atoms with Crippen molar-refractivity contribution in [1.82, 2.24) is 4.98 Å². The maximum absolute atomic E-state index is 10.8. The third kappa shape index (κ3) is 3.41. The molecule has 18 heavy (non-hydrogen) atoms. The zero-order valence-corrected chi connectivity index (χ0v) is 11.6. The number of rotatable bonds is 7. The van der Waals surface area contributed by atoms with E-state index in [1.165, 1.54) is 11.3 Å². The molecule has 7 heteroatoms. The summed E-state index contributed by atoms with van der Waals surface area (Å²) in [4.78, 5) is 17.1. The number of carbonyl (C=O) groups is 1. The van der Waals surface area contributed by atoms with Crippen molar-refractivity contribution >= 4 is 22.4 Å². The van der Waals surface area contributed by atoms with Crippen LogP contribution in [0.5, 0.6) is 0 Å². The van der Waals surface area contributed by atoms with Gasteiger partial charge in [0.15, 0.2) is 5.13 Å². The molecule has 6 nitrogen and oxygen atoms in total. The highest BCUT2D eigenvalue weighted by Gasteiger charge is 2.21. The van der Waals surface area contributed by atoms with Gasteiger partial charge in [-0.25, -0.2) is 4.98 Å². The van der Waals surface area contributed by atoms with E-state index in [1.807, 2.05) is 13.8 Å². The summed E-state index contributed by atoms with van der Waals surface area (Å²) in [6, 6.07) is -0.883. The van der Waals surface area contributed by atoms with Gasteiger partial charge in [-0.3, -0.25) is 4.79 Å².